The van der Waals surface area contributed by atoms with Crippen LogP contribution in [0.25, 0.3) is 5.65 Å². The SMILES string of the molecule is CCNc1ccn2nc(NC(=O)c3ccncc3)nc2c1. The highest BCUT2D eigenvalue weighted by molar-refractivity contribution is 6.03. The standard InChI is InChI=1S/C14H14N6O/c1-2-16-11-5-8-20-12(9-11)17-14(19-20)18-13(21)10-3-6-15-7-4-10/h3-9,16H,2H2,1H3,(H,18,19,21). The first-order valence-electron chi connectivity index (χ1n) is 6.58. The molecule has 0 bridgehead atoms. The summed E-state index contributed by atoms with van der Waals surface area (Å²) in [7, 11) is 0. The van der Waals surface area contributed by atoms with Crippen molar-refractivity contribution in [2.45, 2.75) is 6.92 Å². The number of hydrogen-bond donors (Lipinski definition) is 2. The van der Waals surface area contributed by atoms with E-state index in [4.69, 9.17) is 0 Å². The highest BCUT2D eigenvalue weighted by Crippen LogP contribution is 2.12. The summed E-state index contributed by atoms with van der Waals surface area (Å²) in [5.74, 6) is 0.00525. The van der Waals surface area contributed by atoms with Gasteiger partial charge in [-0.15, -0.1) is 5.10 Å². The smallest absolute Gasteiger partial charge is 0.258 e. The van der Waals surface area contributed by atoms with Crippen molar-refractivity contribution in [3.63, 3.8) is 0 Å². The van der Waals surface area contributed by atoms with E-state index in [9.17, 15) is 4.79 Å². The number of fused-ring (bicyclic) bond motifs is 1. The first-order chi connectivity index (χ1) is 10.3. The van der Waals surface area contributed by atoms with Crippen molar-refractivity contribution >= 4 is 23.2 Å². The number of pyridine rings is 2. The normalized spacial score (nSPS) is 10.5. The topological polar surface area (TPSA) is 84.2 Å². The lowest BCUT2D eigenvalue weighted by Gasteiger charge is -2.01. The van der Waals surface area contributed by atoms with Crippen LogP contribution in [0.4, 0.5) is 11.6 Å². The monoisotopic (exact) mass is 282 g/mol. The van der Waals surface area contributed by atoms with Gasteiger partial charge < -0.3 is 5.32 Å². The molecule has 0 atom stereocenters. The van der Waals surface area contributed by atoms with Gasteiger partial charge in [-0.2, -0.15) is 4.98 Å². The summed E-state index contributed by atoms with van der Waals surface area (Å²) in [6, 6.07) is 7.04. The van der Waals surface area contributed by atoms with Crippen molar-refractivity contribution in [2.75, 3.05) is 17.2 Å². The number of nitrogens with one attached hydrogen (secondary N) is 2. The highest BCUT2D eigenvalue weighted by atomic mass is 16.1. The lowest BCUT2D eigenvalue weighted by Crippen LogP contribution is -2.12. The number of carbonyl (C=O) groups excluding carboxylic acids is 1. The van der Waals surface area contributed by atoms with Gasteiger partial charge in [-0.3, -0.25) is 15.1 Å². The van der Waals surface area contributed by atoms with Crippen LogP contribution in [0.5, 0.6) is 0 Å². The molecule has 3 aromatic rings. The Bertz CT molecular complexity index is 767. The lowest BCUT2D eigenvalue weighted by molar-refractivity contribution is 0.102. The van der Waals surface area contributed by atoms with Crippen molar-refractivity contribution in [1.29, 1.82) is 0 Å². The molecule has 0 spiro atoms. The molecule has 1 amide bonds. The molecule has 106 valence electrons. The predicted molar refractivity (Wildman–Crippen MR) is 79.3 cm³/mol. The van der Waals surface area contributed by atoms with Crippen molar-refractivity contribution < 1.29 is 4.79 Å². The molecule has 7 heteroatoms. The summed E-state index contributed by atoms with van der Waals surface area (Å²) in [6.45, 7) is 2.85. The Hall–Kier alpha value is -2.96. The van der Waals surface area contributed by atoms with Crippen LogP contribution in [-0.2, 0) is 0 Å². The fourth-order valence-electron chi connectivity index (χ4n) is 1.93. The van der Waals surface area contributed by atoms with E-state index in [1.165, 1.54) is 0 Å². The number of aromatic nitrogens is 4. The quantitative estimate of drug-likeness (QED) is 0.762. The van der Waals surface area contributed by atoms with Crippen molar-refractivity contribution in [3.8, 4) is 0 Å². The maximum Gasteiger partial charge on any atom is 0.258 e. The highest BCUT2D eigenvalue weighted by Gasteiger charge is 2.10. The van der Waals surface area contributed by atoms with Gasteiger partial charge >= 0.3 is 0 Å². The number of rotatable bonds is 4. The second-order valence-electron chi connectivity index (χ2n) is 4.37. The van der Waals surface area contributed by atoms with E-state index in [2.05, 4.69) is 25.7 Å². The van der Waals surface area contributed by atoms with Crippen LogP contribution in [0, 0.1) is 0 Å². The van der Waals surface area contributed by atoms with E-state index in [0.29, 0.717) is 11.2 Å². The zero-order valence-electron chi connectivity index (χ0n) is 11.4. The summed E-state index contributed by atoms with van der Waals surface area (Å²) in [4.78, 5) is 20.2. The molecular weight excluding hydrogens is 268 g/mol. The largest absolute Gasteiger partial charge is 0.385 e. The van der Waals surface area contributed by atoms with E-state index < -0.39 is 0 Å². The molecule has 0 aliphatic carbocycles. The first kappa shape index (κ1) is 13.0. The van der Waals surface area contributed by atoms with Crippen LogP contribution in [0.1, 0.15) is 17.3 Å². The van der Waals surface area contributed by atoms with E-state index in [1.807, 2.05) is 19.1 Å². The van der Waals surface area contributed by atoms with Gasteiger partial charge in [0, 0.05) is 42.5 Å². The molecule has 21 heavy (non-hydrogen) atoms. The molecule has 0 saturated heterocycles. The molecule has 0 aliphatic rings. The first-order valence-corrected chi connectivity index (χ1v) is 6.58. The van der Waals surface area contributed by atoms with Crippen LogP contribution in [0.15, 0.2) is 42.9 Å². The van der Waals surface area contributed by atoms with Crippen LogP contribution < -0.4 is 10.6 Å². The third-order valence-corrected chi connectivity index (χ3v) is 2.89. The van der Waals surface area contributed by atoms with Crippen molar-refractivity contribution in [2.24, 2.45) is 0 Å². The van der Waals surface area contributed by atoms with E-state index >= 15 is 0 Å². The molecule has 0 aliphatic heterocycles. The minimum atomic E-state index is -0.264. The van der Waals surface area contributed by atoms with Gasteiger partial charge in [0.15, 0.2) is 5.65 Å². The van der Waals surface area contributed by atoms with Gasteiger partial charge in [0.1, 0.15) is 0 Å². The third kappa shape index (κ3) is 2.81. The second-order valence-corrected chi connectivity index (χ2v) is 4.37. The number of carbonyl (C=O) groups is 1. The lowest BCUT2D eigenvalue weighted by atomic mass is 10.2. The van der Waals surface area contributed by atoms with Gasteiger partial charge in [0.05, 0.1) is 0 Å². The number of hydrogen-bond acceptors (Lipinski definition) is 5. The molecule has 0 unspecified atom stereocenters. The van der Waals surface area contributed by atoms with Gasteiger partial charge in [0.2, 0.25) is 5.95 Å². The van der Waals surface area contributed by atoms with Gasteiger partial charge in [0.25, 0.3) is 5.91 Å². The molecule has 0 saturated carbocycles. The Balaban J connectivity index is 1.83. The fraction of sp³-hybridized carbons (Fsp3) is 0.143. The van der Waals surface area contributed by atoms with Crippen molar-refractivity contribution in [3.05, 3.63) is 48.4 Å². The molecule has 2 N–H and O–H groups in total. The summed E-state index contributed by atoms with van der Waals surface area (Å²) in [5, 5.41) is 10.1. The molecule has 0 aromatic carbocycles. The minimum Gasteiger partial charge on any atom is -0.385 e. The second kappa shape index (κ2) is 5.58. The Morgan fingerprint density at radius 1 is 1.29 bits per heavy atom. The zero-order chi connectivity index (χ0) is 14.7. The van der Waals surface area contributed by atoms with E-state index in [-0.39, 0.29) is 11.9 Å². The van der Waals surface area contributed by atoms with Crippen LogP contribution in [0.2, 0.25) is 0 Å². The maximum absolute atomic E-state index is 12.0. The summed E-state index contributed by atoms with van der Waals surface area (Å²) in [5.41, 5.74) is 2.14. The summed E-state index contributed by atoms with van der Waals surface area (Å²) >= 11 is 0. The van der Waals surface area contributed by atoms with Gasteiger partial charge in [-0.25, -0.2) is 4.52 Å². The number of nitrogens with zero attached hydrogens (tertiary/aromatic N) is 4. The maximum atomic E-state index is 12.0. The summed E-state index contributed by atoms with van der Waals surface area (Å²) in [6.07, 6.45) is 4.92. The molecule has 3 aromatic heterocycles. The van der Waals surface area contributed by atoms with E-state index in [1.54, 1.807) is 35.2 Å². The molecular formula is C14H14N6O. The van der Waals surface area contributed by atoms with Crippen LogP contribution in [-0.4, -0.2) is 32.0 Å². The molecule has 0 radical (unpaired) electrons. The Morgan fingerprint density at radius 2 is 2.10 bits per heavy atom. The Kier molecular flexibility index (Phi) is 3.46. The van der Waals surface area contributed by atoms with Crippen LogP contribution >= 0.6 is 0 Å². The van der Waals surface area contributed by atoms with Gasteiger partial charge in [-0.1, -0.05) is 0 Å². The zero-order valence-corrected chi connectivity index (χ0v) is 11.4. The minimum absolute atomic E-state index is 0.264. The molecule has 7 nitrogen and oxygen atoms in total. The number of amides is 1. The average Bonchev–Trinajstić information content (AvgIpc) is 2.90. The van der Waals surface area contributed by atoms with Crippen molar-refractivity contribution in [1.82, 2.24) is 19.6 Å². The summed E-state index contributed by atoms with van der Waals surface area (Å²) < 4.78 is 1.61. The molecule has 3 rings (SSSR count). The van der Waals surface area contributed by atoms with Gasteiger partial charge in [-0.05, 0) is 25.1 Å². The third-order valence-electron chi connectivity index (χ3n) is 2.89. The molecule has 3 heterocycles. The average molecular weight is 282 g/mol. The number of anilines is 2. The molecule has 0 fully saturated rings. The Morgan fingerprint density at radius 3 is 2.86 bits per heavy atom. The Labute approximate surface area is 121 Å². The fourth-order valence-corrected chi connectivity index (χ4v) is 1.93. The predicted octanol–water partition coefficient (Wildman–Crippen LogP) is 1.81. The van der Waals surface area contributed by atoms with Crippen LogP contribution in [0.3, 0.4) is 0 Å². The van der Waals surface area contributed by atoms with E-state index in [0.717, 1.165) is 12.2 Å².